The normalized spacial score (nSPS) is 26.6. The van der Waals surface area contributed by atoms with E-state index in [1.165, 1.54) is 0 Å². The Hall–Kier alpha value is -2.08. The molecule has 0 spiro atoms. The third kappa shape index (κ3) is 5.22. The molecule has 3 heterocycles. The number of carbonyl (C=O) groups is 2. The zero-order valence-corrected chi connectivity index (χ0v) is 19.3. The molecule has 0 bridgehead atoms. The molecule has 2 amide bonds. The van der Waals surface area contributed by atoms with Crippen LogP contribution in [0.2, 0.25) is 0 Å². The van der Waals surface area contributed by atoms with Crippen LogP contribution in [0.4, 0.5) is 5.69 Å². The maximum Gasteiger partial charge on any atom is 0.253 e. The summed E-state index contributed by atoms with van der Waals surface area (Å²) in [5.74, 6) is 0.973. The van der Waals surface area contributed by atoms with E-state index in [0.717, 1.165) is 56.7 Å². The van der Waals surface area contributed by atoms with Crippen molar-refractivity contribution in [2.24, 2.45) is 17.3 Å². The van der Waals surface area contributed by atoms with Crippen LogP contribution >= 0.6 is 0 Å². The molecule has 0 aliphatic carbocycles. The van der Waals surface area contributed by atoms with Gasteiger partial charge < -0.3 is 19.4 Å². The average molecular weight is 428 g/mol. The summed E-state index contributed by atoms with van der Waals surface area (Å²) in [5, 5.41) is 0. The van der Waals surface area contributed by atoms with Gasteiger partial charge in [-0.15, -0.1) is 0 Å². The lowest BCUT2D eigenvalue weighted by Crippen LogP contribution is -2.44. The molecule has 3 fully saturated rings. The highest BCUT2D eigenvalue weighted by molar-refractivity contribution is 5.94. The van der Waals surface area contributed by atoms with Crippen LogP contribution in [0.25, 0.3) is 0 Å². The number of rotatable bonds is 3. The number of nitrogens with zero attached hydrogens (tertiary/aromatic N) is 3. The van der Waals surface area contributed by atoms with Crippen molar-refractivity contribution in [3.63, 3.8) is 0 Å². The zero-order valence-electron chi connectivity index (χ0n) is 19.3. The minimum absolute atomic E-state index is 0.0568. The first-order valence-corrected chi connectivity index (χ1v) is 11.8. The summed E-state index contributed by atoms with van der Waals surface area (Å²) in [7, 11) is 0. The van der Waals surface area contributed by atoms with Crippen LogP contribution < -0.4 is 4.90 Å². The van der Waals surface area contributed by atoms with Crippen LogP contribution in [0.1, 0.15) is 50.4 Å². The highest BCUT2D eigenvalue weighted by Gasteiger charge is 2.33. The second kappa shape index (κ2) is 9.19. The van der Waals surface area contributed by atoms with Crippen LogP contribution in [0.3, 0.4) is 0 Å². The molecule has 31 heavy (non-hydrogen) atoms. The summed E-state index contributed by atoms with van der Waals surface area (Å²) in [6.07, 6.45) is 3.10. The van der Waals surface area contributed by atoms with Gasteiger partial charge in [-0.25, -0.2) is 0 Å². The molecule has 0 saturated carbocycles. The van der Waals surface area contributed by atoms with Gasteiger partial charge in [0.05, 0.1) is 19.1 Å². The highest BCUT2D eigenvalue weighted by atomic mass is 16.5. The summed E-state index contributed by atoms with van der Waals surface area (Å²) < 4.78 is 5.36. The van der Waals surface area contributed by atoms with Crippen LogP contribution in [-0.2, 0) is 9.53 Å². The number of likely N-dealkylation sites (tertiary alicyclic amines) is 1. The first kappa shape index (κ1) is 22.1. The summed E-state index contributed by atoms with van der Waals surface area (Å²) in [6.45, 7) is 12.9. The van der Waals surface area contributed by atoms with E-state index in [1.807, 2.05) is 34.1 Å². The van der Waals surface area contributed by atoms with Gasteiger partial charge in [-0.2, -0.15) is 0 Å². The number of ether oxygens (including phenoxy) is 1. The van der Waals surface area contributed by atoms with Crippen molar-refractivity contribution in [3.05, 3.63) is 29.8 Å². The third-order valence-corrected chi connectivity index (χ3v) is 7.12. The molecular weight excluding hydrogens is 390 g/mol. The van der Waals surface area contributed by atoms with Gasteiger partial charge in [-0.3, -0.25) is 9.59 Å². The van der Waals surface area contributed by atoms with Crippen molar-refractivity contribution in [1.29, 1.82) is 0 Å². The molecule has 0 radical (unpaired) electrons. The van der Waals surface area contributed by atoms with Crippen LogP contribution in [0.15, 0.2) is 24.3 Å². The topological polar surface area (TPSA) is 53.1 Å². The van der Waals surface area contributed by atoms with Gasteiger partial charge in [0.2, 0.25) is 5.91 Å². The summed E-state index contributed by atoms with van der Waals surface area (Å²) in [4.78, 5) is 32.1. The summed E-state index contributed by atoms with van der Waals surface area (Å²) >= 11 is 0. The number of carbonyl (C=O) groups excluding carboxylic acids is 2. The van der Waals surface area contributed by atoms with E-state index >= 15 is 0 Å². The van der Waals surface area contributed by atoms with Crippen molar-refractivity contribution >= 4 is 17.5 Å². The van der Waals surface area contributed by atoms with E-state index in [0.29, 0.717) is 37.6 Å². The number of anilines is 1. The molecule has 4 rings (SSSR count). The van der Waals surface area contributed by atoms with E-state index < -0.39 is 0 Å². The molecule has 3 saturated heterocycles. The SMILES string of the molecule is CC1CN(C(=O)c2ccc(N3CCC(C(=O)N4CCOCC4)C3)cc2)CCC(C)(C)C1. The molecule has 1 aromatic carbocycles. The third-order valence-electron chi connectivity index (χ3n) is 7.12. The Morgan fingerprint density at radius 3 is 2.39 bits per heavy atom. The van der Waals surface area contributed by atoms with Gasteiger partial charge >= 0.3 is 0 Å². The van der Waals surface area contributed by atoms with E-state index in [2.05, 4.69) is 25.7 Å². The monoisotopic (exact) mass is 427 g/mol. The molecule has 6 heteroatoms. The van der Waals surface area contributed by atoms with Crippen LogP contribution in [0.5, 0.6) is 0 Å². The maximum atomic E-state index is 13.1. The van der Waals surface area contributed by atoms with Gasteiger partial charge in [0.15, 0.2) is 0 Å². The summed E-state index contributed by atoms with van der Waals surface area (Å²) in [6, 6.07) is 7.99. The molecule has 1 aromatic rings. The van der Waals surface area contributed by atoms with E-state index in [-0.39, 0.29) is 17.7 Å². The van der Waals surface area contributed by atoms with Crippen molar-refractivity contribution in [1.82, 2.24) is 9.80 Å². The number of benzene rings is 1. The predicted octanol–water partition coefficient (Wildman–Crippen LogP) is 3.27. The molecule has 2 unspecified atom stereocenters. The van der Waals surface area contributed by atoms with Crippen LogP contribution in [-0.4, -0.2) is 74.1 Å². The number of hydrogen-bond acceptors (Lipinski definition) is 4. The van der Waals surface area contributed by atoms with Gasteiger partial charge in [0, 0.05) is 50.5 Å². The number of morpholine rings is 1. The maximum absolute atomic E-state index is 13.1. The Kier molecular flexibility index (Phi) is 6.56. The molecule has 170 valence electrons. The van der Waals surface area contributed by atoms with E-state index in [9.17, 15) is 9.59 Å². The van der Waals surface area contributed by atoms with Gasteiger partial charge in [0.1, 0.15) is 0 Å². The Morgan fingerprint density at radius 1 is 0.968 bits per heavy atom. The predicted molar refractivity (Wildman–Crippen MR) is 122 cm³/mol. The van der Waals surface area contributed by atoms with Gasteiger partial charge in [-0.05, 0) is 54.9 Å². The summed E-state index contributed by atoms with van der Waals surface area (Å²) in [5.41, 5.74) is 2.15. The average Bonchev–Trinajstić information content (AvgIpc) is 3.21. The van der Waals surface area contributed by atoms with E-state index in [4.69, 9.17) is 4.74 Å². The second-order valence-electron chi connectivity index (χ2n) is 10.4. The Balaban J connectivity index is 1.36. The molecule has 6 nitrogen and oxygen atoms in total. The highest BCUT2D eigenvalue weighted by Crippen LogP contribution is 2.33. The lowest BCUT2D eigenvalue weighted by atomic mass is 9.82. The number of amides is 2. The fourth-order valence-electron chi connectivity index (χ4n) is 5.44. The molecule has 2 atom stereocenters. The lowest BCUT2D eigenvalue weighted by Gasteiger charge is -2.29. The standard InChI is InChI=1S/C25H37N3O3/c1-19-16-25(2,3)9-11-28(17-19)23(29)20-4-6-22(7-5-20)27-10-8-21(18-27)24(30)26-12-14-31-15-13-26/h4-7,19,21H,8-18H2,1-3H3. The second-order valence-corrected chi connectivity index (χ2v) is 10.4. The minimum Gasteiger partial charge on any atom is -0.378 e. The Bertz CT molecular complexity index is 786. The Labute approximate surface area is 186 Å². The van der Waals surface area contributed by atoms with Crippen molar-refractivity contribution in [2.45, 2.75) is 40.0 Å². The quantitative estimate of drug-likeness (QED) is 0.743. The lowest BCUT2D eigenvalue weighted by molar-refractivity contribution is -0.138. The smallest absolute Gasteiger partial charge is 0.253 e. The Morgan fingerprint density at radius 2 is 1.68 bits per heavy atom. The first-order valence-electron chi connectivity index (χ1n) is 11.8. The fourth-order valence-corrected chi connectivity index (χ4v) is 5.44. The van der Waals surface area contributed by atoms with Gasteiger partial charge in [0.25, 0.3) is 5.91 Å². The van der Waals surface area contributed by atoms with Crippen LogP contribution in [0, 0.1) is 17.3 Å². The molecule has 3 aliphatic heterocycles. The fraction of sp³-hybridized carbons (Fsp3) is 0.680. The molecule has 0 N–H and O–H groups in total. The first-order chi connectivity index (χ1) is 14.8. The number of hydrogen-bond donors (Lipinski definition) is 0. The minimum atomic E-state index is 0.0568. The van der Waals surface area contributed by atoms with Crippen molar-refractivity contribution < 1.29 is 14.3 Å². The van der Waals surface area contributed by atoms with Crippen molar-refractivity contribution in [3.8, 4) is 0 Å². The zero-order chi connectivity index (χ0) is 22.0. The largest absolute Gasteiger partial charge is 0.378 e. The van der Waals surface area contributed by atoms with Crippen molar-refractivity contribution in [2.75, 3.05) is 57.4 Å². The molecule has 0 aromatic heterocycles. The molecular formula is C25H37N3O3. The molecule has 3 aliphatic rings. The van der Waals surface area contributed by atoms with Gasteiger partial charge in [-0.1, -0.05) is 20.8 Å². The van der Waals surface area contributed by atoms with E-state index in [1.54, 1.807) is 0 Å².